The second-order valence-corrected chi connectivity index (χ2v) is 3.86. The predicted molar refractivity (Wildman–Crippen MR) is 48.4 cm³/mol. The van der Waals surface area contributed by atoms with Gasteiger partial charge in [0.25, 0.3) is 0 Å². The fourth-order valence-electron chi connectivity index (χ4n) is 0.819. The highest BCUT2D eigenvalue weighted by atomic mass is 32.1. The monoisotopic (exact) mass is 241 g/mol. The van der Waals surface area contributed by atoms with Crippen LogP contribution in [0.15, 0.2) is 0 Å². The van der Waals surface area contributed by atoms with Crippen molar-refractivity contribution in [3.63, 3.8) is 0 Å². The Morgan fingerprint density at radius 3 is 2.47 bits per heavy atom. The summed E-state index contributed by atoms with van der Waals surface area (Å²) in [5.74, 6) is 0. The van der Waals surface area contributed by atoms with Crippen LogP contribution < -0.4 is 5.73 Å². The minimum atomic E-state index is -4.27. The molecule has 0 bridgehead atoms. The third-order valence-electron chi connectivity index (χ3n) is 1.41. The van der Waals surface area contributed by atoms with Gasteiger partial charge in [-0.3, -0.25) is 0 Å². The van der Waals surface area contributed by atoms with E-state index in [1.165, 1.54) is 11.3 Å². The van der Waals surface area contributed by atoms with Crippen LogP contribution in [-0.2, 0) is 17.7 Å². The zero-order chi connectivity index (χ0) is 11.3. The lowest BCUT2D eigenvalue weighted by atomic mass is 10.5. The smallest absolute Gasteiger partial charge is 0.372 e. The van der Waals surface area contributed by atoms with Gasteiger partial charge in [-0.05, 0) is 0 Å². The maximum absolute atomic E-state index is 11.7. The predicted octanol–water partition coefficient (Wildman–Crippen LogP) is 1.12. The Hall–Kier alpha value is -0.730. The van der Waals surface area contributed by atoms with E-state index in [0.29, 0.717) is 23.0 Å². The molecule has 0 saturated heterocycles. The average molecular weight is 241 g/mol. The van der Waals surface area contributed by atoms with Gasteiger partial charge in [0, 0.05) is 13.0 Å². The number of ether oxygens (including phenoxy) is 1. The van der Waals surface area contributed by atoms with Crippen molar-refractivity contribution in [2.24, 2.45) is 5.73 Å². The molecule has 0 radical (unpaired) electrons. The van der Waals surface area contributed by atoms with Crippen molar-refractivity contribution in [1.29, 1.82) is 0 Å². The van der Waals surface area contributed by atoms with Gasteiger partial charge < -0.3 is 10.5 Å². The van der Waals surface area contributed by atoms with Crippen molar-refractivity contribution in [1.82, 2.24) is 10.2 Å². The van der Waals surface area contributed by atoms with Crippen molar-refractivity contribution >= 4 is 11.3 Å². The van der Waals surface area contributed by atoms with Gasteiger partial charge in [0.1, 0.15) is 16.6 Å². The number of nitrogens with zero attached hydrogens (tertiary/aromatic N) is 2. The van der Waals surface area contributed by atoms with Crippen LogP contribution in [0.3, 0.4) is 0 Å². The molecular weight excluding hydrogens is 231 g/mol. The second kappa shape index (κ2) is 5.38. The summed E-state index contributed by atoms with van der Waals surface area (Å²) in [6, 6.07) is 0. The Morgan fingerprint density at radius 2 is 1.93 bits per heavy atom. The summed E-state index contributed by atoms with van der Waals surface area (Å²) in [6.45, 7) is -0.949. The van der Waals surface area contributed by atoms with Gasteiger partial charge in [0.05, 0.1) is 6.61 Å². The largest absolute Gasteiger partial charge is 0.411 e. The molecule has 0 saturated carbocycles. The normalized spacial score (nSPS) is 12.0. The molecule has 4 nitrogen and oxygen atoms in total. The molecule has 0 fully saturated rings. The average Bonchev–Trinajstić information content (AvgIpc) is 2.59. The zero-order valence-corrected chi connectivity index (χ0v) is 8.57. The molecule has 1 aromatic heterocycles. The van der Waals surface area contributed by atoms with Crippen molar-refractivity contribution in [2.75, 3.05) is 13.2 Å². The third kappa shape index (κ3) is 5.05. The summed E-state index contributed by atoms with van der Waals surface area (Å²) in [7, 11) is 0. The maximum Gasteiger partial charge on any atom is 0.411 e. The highest BCUT2D eigenvalue weighted by Gasteiger charge is 2.27. The Bertz CT molecular complexity index is 302. The van der Waals surface area contributed by atoms with Crippen LogP contribution >= 0.6 is 11.3 Å². The van der Waals surface area contributed by atoms with E-state index in [1.807, 2.05) is 0 Å². The lowest BCUT2D eigenvalue weighted by Gasteiger charge is -2.05. The highest BCUT2D eigenvalue weighted by Crippen LogP contribution is 2.15. The first-order valence-electron chi connectivity index (χ1n) is 4.17. The first kappa shape index (κ1) is 12.3. The number of hydrogen-bond acceptors (Lipinski definition) is 5. The summed E-state index contributed by atoms with van der Waals surface area (Å²) in [5, 5.41) is 8.78. The molecule has 0 aromatic carbocycles. The van der Waals surface area contributed by atoms with Gasteiger partial charge in [0.2, 0.25) is 0 Å². The van der Waals surface area contributed by atoms with Crippen LogP contribution in [0.2, 0.25) is 0 Å². The molecule has 0 spiro atoms. The number of halogens is 3. The molecule has 1 rings (SSSR count). The summed E-state index contributed by atoms with van der Waals surface area (Å²) < 4.78 is 39.4. The first-order valence-corrected chi connectivity index (χ1v) is 4.99. The standard InChI is InChI=1S/C7H10F3N3OS/c8-7(9,10)4-14-2-1-5-12-13-6(3-11)15-5/h1-4,11H2. The Balaban J connectivity index is 2.20. The van der Waals surface area contributed by atoms with Gasteiger partial charge in [0.15, 0.2) is 0 Å². The molecule has 0 aliphatic heterocycles. The van der Waals surface area contributed by atoms with Gasteiger partial charge in [-0.25, -0.2) is 0 Å². The minimum absolute atomic E-state index is 0.0152. The molecule has 86 valence electrons. The third-order valence-corrected chi connectivity index (χ3v) is 2.41. The highest BCUT2D eigenvalue weighted by molar-refractivity contribution is 7.11. The van der Waals surface area contributed by atoms with Gasteiger partial charge >= 0.3 is 6.18 Å². The van der Waals surface area contributed by atoms with E-state index in [9.17, 15) is 13.2 Å². The summed E-state index contributed by atoms with van der Waals surface area (Å²) >= 11 is 1.28. The molecule has 1 aromatic rings. The van der Waals surface area contributed by atoms with E-state index in [1.54, 1.807) is 0 Å². The van der Waals surface area contributed by atoms with Crippen LogP contribution in [0.25, 0.3) is 0 Å². The molecule has 2 N–H and O–H groups in total. The molecular formula is C7H10F3N3OS. The number of alkyl halides is 3. The van der Waals surface area contributed by atoms with Crippen LogP contribution in [0.5, 0.6) is 0 Å². The number of hydrogen-bond donors (Lipinski definition) is 1. The van der Waals surface area contributed by atoms with E-state index >= 15 is 0 Å². The number of aromatic nitrogens is 2. The second-order valence-electron chi connectivity index (χ2n) is 2.71. The molecule has 0 aliphatic carbocycles. The van der Waals surface area contributed by atoms with E-state index < -0.39 is 12.8 Å². The SMILES string of the molecule is NCc1nnc(CCOCC(F)(F)F)s1. The van der Waals surface area contributed by atoms with Crippen LogP contribution in [0.1, 0.15) is 10.0 Å². The molecule has 15 heavy (non-hydrogen) atoms. The quantitative estimate of drug-likeness (QED) is 0.785. The number of rotatable bonds is 5. The molecule has 8 heteroatoms. The molecule has 1 heterocycles. The minimum Gasteiger partial charge on any atom is -0.372 e. The van der Waals surface area contributed by atoms with Gasteiger partial charge in [-0.2, -0.15) is 13.2 Å². The Kier molecular flexibility index (Phi) is 4.43. The maximum atomic E-state index is 11.7. The van der Waals surface area contributed by atoms with E-state index in [2.05, 4.69) is 14.9 Å². The lowest BCUT2D eigenvalue weighted by molar-refractivity contribution is -0.173. The molecule has 0 aliphatic rings. The van der Waals surface area contributed by atoms with Gasteiger partial charge in [-0.15, -0.1) is 21.5 Å². The topological polar surface area (TPSA) is 61.0 Å². The van der Waals surface area contributed by atoms with E-state index in [4.69, 9.17) is 5.73 Å². The molecule has 0 amide bonds. The Morgan fingerprint density at radius 1 is 1.27 bits per heavy atom. The van der Waals surface area contributed by atoms with Crippen LogP contribution in [0.4, 0.5) is 13.2 Å². The Labute approximate surface area is 88.3 Å². The zero-order valence-electron chi connectivity index (χ0n) is 7.75. The van der Waals surface area contributed by atoms with E-state index in [-0.39, 0.29) is 6.61 Å². The van der Waals surface area contributed by atoms with Crippen LogP contribution in [0, 0.1) is 0 Å². The molecule has 0 unspecified atom stereocenters. The van der Waals surface area contributed by atoms with Crippen molar-refractivity contribution < 1.29 is 17.9 Å². The fourth-order valence-corrected chi connectivity index (χ4v) is 1.52. The van der Waals surface area contributed by atoms with Crippen molar-refractivity contribution in [3.8, 4) is 0 Å². The fraction of sp³-hybridized carbons (Fsp3) is 0.714. The van der Waals surface area contributed by atoms with Crippen molar-refractivity contribution in [3.05, 3.63) is 10.0 Å². The summed E-state index contributed by atoms with van der Waals surface area (Å²) in [6.07, 6.45) is -3.95. The first-order chi connectivity index (χ1) is 7.01. The lowest BCUT2D eigenvalue weighted by Crippen LogP contribution is -2.17. The van der Waals surface area contributed by atoms with Crippen LogP contribution in [-0.4, -0.2) is 29.6 Å². The van der Waals surface area contributed by atoms with E-state index in [0.717, 1.165) is 0 Å². The summed E-state index contributed by atoms with van der Waals surface area (Å²) in [4.78, 5) is 0. The van der Waals surface area contributed by atoms with Crippen molar-refractivity contribution in [2.45, 2.75) is 19.1 Å². The summed E-state index contributed by atoms with van der Waals surface area (Å²) in [5.41, 5.74) is 5.30. The van der Waals surface area contributed by atoms with Gasteiger partial charge in [-0.1, -0.05) is 0 Å². The number of nitrogens with two attached hydrogens (primary N) is 1. The molecule has 0 atom stereocenters.